The maximum Gasteiger partial charge on any atom is 0.241 e. The van der Waals surface area contributed by atoms with Crippen LogP contribution in [-0.4, -0.2) is 18.9 Å². The molecule has 21 heavy (non-hydrogen) atoms. The van der Waals surface area contributed by atoms with Crippen molar-refractivity contribution in [3.8, 4) is 5.75 Å². The Morgan fingerprint density at radius 2 is 1.90 bits per heavy atom. The second kappa shape index (κ2) is 3.97. The Hall–Kier alpha value is -2.10. The number of fused-ring (bicyclic) bond motifs is 5. The third-order valence-corrected chi connectivity index (χ3v) is 5.44. The van der Waals surface area contributed by atoms with Gasteiger partial charge in [0.2, 0.25) is 11.8 Å². The van der Waals surface area contributed by atoms with Gasteiger partial charge in [0, 0.05) is 0 Å². The van der Waals surface area contributed by atoms with E-state index in [0.29, 0.717) is 11.4 Å². The van der Waals surface area contributed by atoms with E-state index < -0.39 is 5.41 Å². The molecule has 4 atom stereocenters. The highest BCUT2D eigenvalue weighted by Gasteiger charge is 2.67. The molecule has 4 heteroatoms. The Kier molecular flexibility index (Phi) is 2.39. The van der Waals surface area contributed by atoms with E-state index in [1.54, 1.807) is 31.4 Å². The molecule has 108 valence electrons. The van der Waals surface area contributed by atoms with Gasteiger partial charge in [-0.25, -0.2) is 4.90 Å². The minimum Gasteiger partial charge on any atom is -0.497 e. The van der Waals surface area contributed by atoms with Crippen LogP contribution in [0.25, 0.3) is 0 Å². The van der Waals surface area contributed by atoms with Crippen LogP contribution in [0.2, 0.25) is 0 Å². The summed E-state index contributed by atoms with van der Waals surface area (Å²) >= 11 is 0. The van der Waals surface area contributed by atoms with E-state index in [0.717, 1.165) is 6.42 Å². The first kappa shape index (κ1) is 12.6. The molecule has 0 radical (unpaired) electrons. The van der Waals surface area contributed by atoms with Crippen molar-refractivity contribution in [1.82, 2.24) is 0 Å². The second-order valence-corrected chi connectivity index (χ2v) is 6.33. The molecule has 4 rings (SSSR count). The molecule has 3 aliphatic rings. The Balaban J connectivity index is 1.75. The van der Waals surface area contributed by atoms with Crippen molar-refractivity contribution in [3.63, 3.8) is 0 Å². The van der Waals surface area contributed by atoms with Gasteiger partial charge in [-0.1, -0.05) is 12.2 Å². The highest BCUT2D eigenvalue weighted by atomic mass is 16.5. The Bertz CT molecular complexity index is 663. The molecule has 0 aromatic heterocycles. The lowest BCUT2D eigenvalue weighted by atomic mass is 9.71. The number of amides is 2. The molecule has 1 aromatic carbocycles. The van der Waals surface area contributed by atoms with Crippen molar-refractivity contribution in [1.29, 1.82) is 0 Å². The summed E-state index contributed by atoms with van der Waals surface area (Å²) in [7, 11) is 1.59. The summed E-state index contributed by atoms with van der Waals surface area (Å²) < 4.78 is 5.13. The number of imide groups is 1. The molecular weight excluding hydrogens is 266 g/mol. The van der Waals surface area contributed by atoms with Crippen LogP contribution < -0.4 is 9.64 Å². The highest BCUT2D eigenvalue weighted by molar-refractivity contribution is 6.24. The van der Waals surface area contributed by atoms with Gasteiger partial charge in [-0.15, -0.1) is 0 Å². The average molecular weight is 283 g/mol. The van der Waals surface area contributed by atoms with Crippen LogP contribution >= 0.6 is 0 Å². The molecule has 1 aromatic rings. The van der Waals surface area contributed by atoms with Gasteiger partial charge >= 0.3 is 0 Å². The average Bonchev–Trinajstić information content (AvgIpc) is 3.12. The van der Waals surface area contributed by atoms with Crippen molar-refractivity contribution >= 4 is 17.5 Å². The van der Waals surface area contributed by atoms with Crippen molar-refractivity contribution in [2.24, 2.45) is 23.2 Å². The van der Waals surface area contributed by atoms with Crippen molar-refractivity contribution in [3.05, 3.63) is 36.4 Å². The predicted octanol–water partition coefficient (Wildman–Crippen LogP) is 2.40. The third kappa shape index (κ3) is 1.40. The number of carbonyl (C=O) groups is 2. The summed E-state index contributed by atoms with van der Waals surface area (Å²) in [5, 5.41) is 0. The first-order chi connectivity index (χ1) is 10.1. The molecule has 0 unspecified atom stereocenters. The van der Waals surface area contributed by atoms with E-state index in [9.17, 15) is 9.59 Å². The van der Waals surface area contributed by atoms with Crippen LogP contribution in [-0.2, 0) is 9.59 Å². The monoisotopic (exact) mass is 283 g/mol. The maximum atomic E-state index is 12.9. The number of nitrogens with zero attached hydrogens (tertiary/aromatic N) is 1. The SMILES string of the molecule is COc1ccc(N2C(=O)[C@@H]3[C@H]4C=C[C@@H](C4)[C@@]3(C)C2=O)cc1. The van der Waals surface area contributed by atoms with Crippen LogP contribution in [0.4, 0.5) is 5.69 Å². The zero-order valence-corrected chi connectivity index (χ0v) is 12.1. The predicted molar refractivity (Wildman–Crippen MR) is 77.8 cm³/mol. The molecule has 2 aliphatic carbocycles. The standard InChI is InChI=1S/C17H17NO3/c1-17-11-4-3-10(9-11)14(17)15(19)18(16(17)20)12-5-7-13(21-2)8-6-12/h3-8,10-11,14H,9H2,1-2H3/t10-,11-,14-,17+/m0/s1. The zero-order chi connectivity index (χ0) is 14.8. The first-order valence-electron chi connectivity index (χ1n) is 7.28. The second-order valence-electron chi connectivity index (χ2n) is 6.33. The number of benzene rings is 1. The lowest BCUT2D eigenvalue weighted by Crippen LogP contribution is -2.37. The van der Waals surface area contributed by atoms with Gasteiger partial charge in [-0.05, 0) is 49.4 Å². The molecule has 4 nitrogen and oxygen atoms in total. The maximum absolute atomic E-state index is 12.9. The fourth-order valence-electron chi connectivity index (χ4n) is 4.28. The van der Waals surface area contributed by atoms with E-state index >= 15 is 0 Å². The topological polar surface area (TPSA) is 46.6 Å². The quantitative estimate of drug-likeness (QED) is 0.618. The van der Waals surface area contributed by atoms with E-state index in [4.69, 9.17) is 4.74 Å². The molecule has 2 amide bonds. The number of anilines is 1. The number of hydrogen-bond donors (Lipinski definition) is 0. The van der Waals surface area contributed by atoms with E-state index in [1.165, 1.54) is 4.90 Å². The summed E-state index contributed by atoms with van der Waals surface area (Å²) in [5.74, 6) is 0.837. The summed E-state index contributed by atoms with van der Waals surface area (Å²) in [6.07, 6.45) is 5.17. The third-order valence-electron chi connectivity index (χ3n) is 5.44. The van der Waals surface area contributed by atoms with Gasteiger partial charge in [0.05, 0.1) is 24.1 Å². The number of carbonyl (C=O) groups excluding carboxylic acids is 2. The Morgan fingerprint density at radius 1 is 1.19 bits per heavy atom. The molecule has 1 aliphatic heterocycles. The lowest BCUT2D eigenvalue weighted by Gasteiger charge is -2.28. The highest BCUT2D eigenvalue weighted by Crippen LogP contribution is 2.60. The minimum absolute atomic E-state index is 0.0514. The summed E-state index contributed by atoms with van der Waals surface area (Å²) in [6.45, 7) is 1.95. The normalized spacial score (nSPS) is 36.5. The summed E-state index contributed by atoms with van der Waals surface area (Å²) in [6, 6.07) is 7.10. The van der Waals surface area contributed by atoms with Crippen LogP contribution in [0.1, 0.15) is 13.3 Å². The van der Waals surface area contributed by atoms with E-state index in [1.807, 2.05) is 6.92 Å². The van der Waals surface area contributed by atoms with Gasteiger partial charge in [0.25, 0.3) is 0 Å². The van der Waals surface area contributed by atoms with Gasteiger partial charge in [-0.3, -0.25) is 9.59 Å². The number of ether oxygens (including phenoxy) is 1. The summed E-state index contributed by atoms with van der Waals surface area (Å²) in [5.41, 5.74) is 0.0806. The van der Waals surface area contributed by atoms with Crippen LogP contribution in [0.15, 0.2) is 36.4 Å². The van der Waals surface area contributed by atoms with Crippen LogP contribution in [0.3, 0.4) is 0 Å². The molecule has 2 fully saturated rings. The minimum atomic E-state index is -0.559. The van der Waals surface area contributed by atoms with Crippen molar-refractivity contribution in [2.75, 3.05) is 12.0 Å². The number of rotatable bonds is 2. The zero-order valence-electron chi connectivity index (χ0n) is 12.1. The van der Waals surface area contributed by atoms with Crippen molar-refractivity contribution in [2.45, 2.75) is 13.3 Å². The van der Waals surface area contributed by atoms with Gasteiger partial charge in [-0.2, -0.15) is 0 Å². The van der Waals surface area contributed by atoms with Gasteiger partial charge < -0.3 is 4.74 Å². The molecule has 1 heterocycles. The fraction of sp³-hybridized carbons (Fsp3) is 0.412. The number of allylic oxidation sites excluding steroid dienone is 2. The molecular formula is C17H17NO3. The number of methoxy groups -OCH3 is 1. The van der Waals surface area contributed by atoms with Gasteiger partial charge in [0.1, 0.15) is 5.75 Å². The smallest absolute Gasteiger partial charge is 0.241 e. The first-order valence-corrected chi connectivity index (χ1v) is 7.28. The Morgan fingerprint density at radius 3 is 2.52 bits per heavy atom. The molecule has 1 saturated carbocycles. The fourth-order valence-corrected chi connectivity index (χ4v) is 4.28. The molecule has 0 N–H and O–H groups in total. The largest absolute Gasteiger partial charge is 0.497 e. The molecule has 1 saturated heterocycles. The van der Waals surface area contributed by atoms with E-state index in [-0.39, 0.29) is 29.6 Å². The van der Waals surface area contributed by atoms with Gasteiger partial charge in [0.15, 0.2) is 0 Å². The number of hydrogen-bond acceptors (Lipinski definition) is 3. The van der Waals surface area contributed by atoms with E-state index in [2.05, 4.69) is 12.2 Å². The summed E-state index contributed by atoms with van der Waals surface area (Å²) in [4.78, 5) is 27.1. The Labute approximate surface area is 123 Å². The molecule has 0 spiro atoms. The molecule has 2 bridgehead atoms. The van der Waals surface area contributed by atoms with Crippen molar-refractivity contribution < 1.29 is 14.3 Å². The van der Waals surface area contributed by atoms with Crippen LogP contribution in [0, 0.1) is 23.2 Å². The van der Waals surface area contributed by atoms with Crippen LogP contribution in [0.5, 0.6) is 5.75 Å². The lowest BCUT2D eigenvalue weighted by molar-refractivity contribution is -0.127.